The minimum Gasteiger partial charge on any atom is -0.497 e. The van der Waals surface area contributed by atoms with Crippen molar-refractivity contribution in [3.63, 3.8) is 0 Å². The maximum Gasteiger partial charge on any atom is 0.247 e. The molecular weight excluding hydrogens is 344 g/mol. The SMILES string of the molecule is COCCN1C(=O)Cc2ccccc2[C@H]1C(=O)NCc1ccc(OC)cc1. The molecule has 0 spiro atoms. The molecule has 1 atom stereocenters. The van der Waals surface area contributed by atoms with Crippen LogP contribution in [0.1, 0.15) is 22.7 Å². The van der Waals surface area contributed by atoms with Gasteiger partial charge in [-0.25, -0.2) is 0 Å². The monoisotopic (exact) mass is 368 g/mol. The first-order valence-electron chi connectivity index (χ1n) is 8.91. The number of hydrogen-bond donors (Lipinski definition) is 1. The van der Waals surface area contributed by atoms with Gasteiger partial charge in [0.2, 0.25) is 11.8 Å². The maximum absolute atomic E-state index is 13.0. The maximum atomic E-state index is 13.0. The lowest BCUT2D eigenvalue weighted by atomic mass is 9.91. The average Bonchev–Trinajstić information content (AvgIpc) is 2.70. The third-order valence-electron chi connectivity index (χ3n) is 4.73. The quantitative estimate of drug-likeness (QED) is 0.813. The van der Waals surface area contributed by atoms with Crippen molar-refractivity contribution in [2.24, 2.45) is 0 Å². The number of carbonyl (C=O) groups is 2. The van der Waals surface area contributed by atoms with Crippen molar-refractivity contribution >= 4 is 11.8 Å². The van der Waals surface area contributed by atoms with Crippen LogP contribution in [0.3, 0.4) is 0 Å². The Bertz CT molecular complexity index is 804. The van der Waals surface area contributed by atoms with Crippen molar-refractivity contribution in [3.05, 3.63) is 65.2 Å². The zero-order valence-electron chi connectivity index (χ0n) is 15.6. The van der Waals surface area contributed by atoms with E-state index in [9.17, 15) is 9.59 Å². The Kier molecular flexibility index (Phi) is 6.08. The molecule has 0 bridgehead atoms. The van der Waals surface area contributed by atoms with E-state index in [0.717, 1.165) is 22.4 Å². The van der Waals surface area contributed by atoms with Gasteiger partial charge in [0.15, 0.2) is 0 Å². The summed E-state index contributed by atoms with van der Waals surface area (Å²) in [5.41, 5.74) is 2.74. The van der Waals surface area contributed by atoms with E-state index in [1.165, 1.54) is 0 Å². The fourth-order valence-corrected chi connectivity index (χ4v) is 3.29. The Hall–Kier alpha value is -2.86. The van der Waals surface area contributed by atoms with Crippen molar-refractivity contribution in [1.29, 1.82) is 0 Å². The van der Waals surface area contributed by atoms with E-state index in [4.69, 9.17) is 9.47 Å². The molecule has 0 aliphatic carbocycles. The predicted molar refractivity (Wildman–Crippen MR) is 101 cm³/mol. The smallest absolute Gasteiger partial charge is 0.247 e. The molecule has 0 fully saturated rings. The van der Waals surface area contributed by atoms with Crippen LogP contribution in [0.5, 0.6) is 5.75 Å². The fourth-order valence-electron chi connectivity index (χ4n) is 3.29. The second-order valence-electron chi connectivity index (χ2n) is 6.42. The highest BCUT2D eigenvalue weighted by molar-refractivity contribution is 5.92. The van der Waals surface area contributed by atoms with Crippen LogP contribution < -0.4 is 10.1 Å². The molecule has 1 aliphatic heterocycles. The molecule has 3 rings (SSSR count). The lowest BCUT2D eigenvalue weighted by Crippen LogP contribution is -2.48. The van der Waals surface area contributed by atoms with E-state index in [1.54, 1.807) is 19.1 Å². The Labute approximate surface area is 159 Å². The van der Waals surface area contributed by atoms with Crippen LogP contribution in [0.25, 0.3) is 0 Å². The highest BCUT2D eigenvalue weighted by Crippen LogP contribution is 2.30. The van der Waals surface area contributed by atoms with Crippen LogP contribution in [0, 0.1) is 0 Å². The van der Waals surface area contributed by atoms with E-state index in [0.29, 0.717) is 26.1 Å². The Morgan fingerprint density at radius 3 is 2.59 bits per heavy atom. The van der Waals surface area contributed by atoms with E-state index >= 15 is 0 Å². The number of fused-ring (bicyclic) bond motifs is 1. The van der Waals surface area contributed by atoms with E-state index in [-0.39, 0.29) is 11.8 Å². The molecule has 0 saturated heterocycles. The summed E-state index contributed by atoms with van der Waals surface area (Å²) in [7, 11) is 3.20. The number of carbonyl (C=O) groups excluding carboxylic acids is 2. The Morgan fingerprint density at radius 1 is 1.15 bits per heavy atom. The molecule has 0 saturated carbocycles. The number of rotatable bonds is 7. The summed E-state index contributed by atoms with van der Waals surface area (Å²) in [4.78, 5) is 27.2. The lowest BCUT2D eigenvalue weighted by Gasteiger charge is -2.36. The average molecular weight is 368 g/mol. The Morgan fingerprint density at radius 2 is 1.89 bits per heavy atom. The van der Waals surface area contributed by atoms with Crippen molar-refractivity contribution in [1.82, 2.24) is 10.2 Å². The van der Waals surface area contributed by atoms with Gasteiger partial charge in [-0.15, -0.1) is 0 Å². The number of benzene rings is 2. The Balaban J connectivity index is 1.78. The third-order valence-corrected chi connectivity index (χ3v) is 4.73. The molecule has 0 radical (unpaired) electrons. The number of ether oxygens (including phenoxy) is 2. The summed E-state index contributed by atoms with van der Waals surface area (Å²) >= 11 is 0. The van der Waals surface area contributed by atoms with E-state index < -0.39 is 6.04 Å². The minimum absolute atomic E-state index is 0.0599. The van der Waals surface area contributed by atoms with Gasteiger partial charge in [0.05, 0.1) is 20.1 Å². The molecule has 6 heteroatoms. The molecule has 0 aromatic heterocycles. The highest BCUT2D eigenvalue weighted by Gasteiger charge is 2.36. The zero-order valence-corrected chi connectivity index (χ0v) is 15.6. The first-order chi connectivity index (χ1) is 13.1. The van der Waals surface area contributed by atoms with Crippen LogP contribution in [-0.2, 0) is 27.3 Å². The number of nitrogens with zero attached hydrogens (tertiary/aromatic N) is 1. The van der Waals surface area contributed by atoms with Gasteiger partial charge >= 0.3 is 0 Å². The van der Waals surface area contributed by atoms with Crippen molar-refractivity contribution < 1.29 is 19.1 Å². The number of methoxy groups -OCH3 is 2. The van der Waals surface area contributed by atoms with Gasteiger partial charge in [0.25, 0.3) is 0 Å². The lowest BCUT2D eigenvalue weighted by molar-refractivity contribution is -0.142. The summed E-state index contributed by atoms with van der Waals surface area (Å²) in [5, 5.41) is 2.96. The van der Waals surface area contributed by atoms with Gasteiger partial charge in [-0.05, 0) is 28.8 Å². The standard InChI is InChI=1S/C21H24N2O4/c1-26-12-11-23-19(24)13-16-5-3-4-6-18(16)20(23)21(25)22-14-15-7-9-17(27-2)10-8-15/h3-10,20H,11-14H2,1-2H3,(H,22,25)/t20-/m0/s1. The topological polar surface area (TPSA) is 67.9 Å². The van der Waals surface area contributed by atoms with E-state index in [1.807, 2.05) is 48.5 Å². The minimum atomic E-state index is -0.643. The first-order valence-corrected chi connectivity index (χ1v) is 8.91. The van der Waals surface area contributed by atoms with Gasteiger partial charge < -0.3 is 19.7 Å². The molecule has 2 amide bonds. The highest BCUT2D eigenvalue weighted by atomic mass is 16.5. The molecule has 1 heterocycles. The van der Waals surface area contributed by atoms with Crippen molar-refractivity contribution in [2.75, 3.05) is 27.4 Å². The molecule has 6 nitrogen and oxygen atoms in total. The normalized spacial score (nSPS) is 16.0. The number of nitrogens with one attached hydrogen (secondary N) is 1. The summed E-state index contributed by atoms with van der Waals surface area (Å²) in [6, 6.07) is 14.5. The molecule has 27 heavy (non-hydrogen) atoms. The number of hydrogen-bond acceptors (Lipinski definition) is 4. The van der Waals surface area contributed by atoms with Gasteiger partial charge in [0, 0.05) is 20.2 Å². The molecule has 0 unspecified atom stereocenters. The largest absolute Gasteiger partial charge is 0.497 e. The summed E-state index contributed by atoms with van der Waals surface area (Å²) in [6.45, 7) is 1.15. The van der Waals surface area contributed by atoms with Crippen LogP contribution >= 0.6 is 0 Å². The van der Waals surface area contributed by atoms with Crippen LogP contribution in [0.4, 0.5) is 0 Å². The molecule has 142 valence electrons. The fraction of sp³-hybridized carbons (Fsp3) is 0.333. The van der Waals surface area contributed by atoms with Crippen LogP contribution in [-0.4, -0.2) is 44.1 Å². The molecule has 2 aromatic carbocycles. The predicted octanol–water partition coefficient (Wildman–Crippen LogP) is 2.08. The van der Waals surface area contributed by atoms with Crippen LogP contribution in [0.2, 0.25) is 0 Å². The molecule has 1 aliphatic rings. The molecule has 2 aromatic rings. The van der Waals surface area contributed by atoms with Gasteiger partial charge in [-0.3, -0.25) is 9.59 Å². The summed E-state index contributed by atoms with van der Waals surface area (Å²) < 4.78 is 10.3. The third kappa shape index (κ3) is 4.28. The second-order valence-corrected chi connectivity index (χ2v) is 6.42. The first kappa shape index (κ1) is 18.9. The van der Waals surface area contributed by atoms with Crippen molar-refractivity contribution in [2.45, 2.75) is 19.0 Å². The second kappa shape index (κ2) is 8.68. The summed E-state index contributed by atoms with van der Waals surface area (Å²) in [6.07, 6.45) is 0.308. The van der Waals surface area contributed by atoms with E-state index in [2.05, 4.69) is 5.32 Å². The molecule has 1 N–H and O–H groups in total. The van der Waals surface area contributed by atoms with Gasteiger partial charge in [-0.2, -0.15) is 0 Å². The van der Waals surface area contributed by atoms with Crippen molar-refractivity contribution in [3.8, 4) is 5.75 Å². The number of amides is 2. The van der Waals surface area contributed by atoms with Crippen LogP contribution in [0.15, 0.2) is 48.5 Å². The zero-order chi connectivity index (χ0) is 19.2. The molecular formula is C21H24N2O4. The van der Waals surface area contributed by atoms with Gasteiger partial charge in [-0.1, -0.05) is 36.4 Å². The van der Waals surface area contributed by atoms with Gasteiger partial charge in [0.1, 0.15) is 11.8 Å². The summed E-state index contributed by atoms with van der Waals surface area (Å²) in [5.74, 6) is 0.514.